The lowest BCUT2D eigenvalue weighted by molar-refractivity contribution is -0.153. The highest BCUT2D eigenvalue weighted by molar-refractivity contribution is 7.47. The SMILES string of the molecule is Cc1ccccc1[P+](=N)[O-]. The molecule has 1 unspecified atom stereocenters. The Labute approximate surface area is 60.9 Å². The molecule has 10 heavy (non-hydrogen) atoms. The summed E-state index contributed by atoms with van der Waals surface area (Å²) < 4.78 is 0. The number of hydrogen-bond acceptors (Lipinski definition) is 2. The summed E-state index contributed by atoms with van der Waals surface area (Å²) in [5.41, 5.74) is 0.929. The third-order valence-electron chi connectivity index (χ3n) is 1.33. The van der Waals surface area contributed by atoms with Crippen molar-refractivity contribution in [2.24, 2.45) is 0 Å². The third-order valence-corrected chi connectivity index (χ3v) is 2.27. The lowest BCUT2D eigenvalue weighted by atomic mass is 10.2. The Hall–Kier alpha value is -0.720. The van der Waals surface area contributed by atoms with Crippen LogP contribution in [0.15, 0.2) is 24.3 Å². The van der Waals surface area contributed by atoms with E-state index in [0.717, 1.165) is 5.56 Å². The summed E-state index contributed by atoms with van der Waals surface area (Å²) in [6.07, 6.45) is 0. The van der Waals surface area contributed by atoms with Crippen LogP contribution in [0.4, 0.5) is 0 Å². The van der Waals surface area contributed by atoms with Crippen molar-refractivity contribution in [1.82, 2.24) is 0 Å². The minimum absolute atomic E-state index is 0.637. The average molecular weight is 153 g/mol. The second-order valence-corrected chi connectivity index (χ2v) is 3.15. The largest absolute Gasteiger partial charge is 0.608 e. The van der Waals surface area contributed by atoms with Crippen molar-refractivity contribution in [3.8, 4) is 0 Å². The van der Waals surface area contributed by atoms with Crippen molar-refractivity contribution >= 4 is 13.2 Å². The Kier molecular flexibility index (Phi) is 2.15. The average Bonchev–Trinajstić information content (AvgIpc) is 1.88. The number of benzene rings is 1. The van der Waals surface area contributed by atoms with E-state index in [0.29, 0.717) is 5.30 Å². The molecule has 1 aromatic carbocycles. The van der Waals surface area contributed by atoms with Crippen LogP contribution >= 0.6 is 7.94 Å². The molecule has 0 aliphatic rings. The molecule has 0 saturated heterocycles. The van der Waals surface area contributed by atoms with Crippen molar-refractivity contribution in [1.29, 1.82) is 5.16 Å². The Bertz CT molecular complexity index is 260. The molecule has 1 atom stereocenters. The van der Waals surface area contributed by atoms with Crippen molar-refractivity contribution in [3.63, 3.8) is 0 Å². The quantitative estimate of drug-likeness (QED) is 0.604. The molecule has 0 spiro atoms. The maximum absolute atomic E-state index is 10.7. The molecule has 1 aromatic rings. The summed E-state index contributed by atoms with van der Waals surface area (Å²) >= 11 is 0. The fourth-order valence-electron chi connectivity index (χ4n) is 0.791. The zero-order chi connectivity index (χ0) is 7.56. The topological polar surface area (TPSA) is 46.9 Å². The zero-order valence-electron chi connectivity index (χ0n) is 5.66. The standard InChI is InChI=1S/C7H8NOP/c1-6-4-2-3-5-7(6)10(8)9/h2-5,8H,1H3. The van der Waals surface area contributed by atoms with Crippen LogP contribution in [0.1, 0.15) is 5.56 Å². The first-order valence-corrected chi connectivity index (χ1v) is 4.22. The van der Waals surface area contributed by atoms with Gasteiger partial charge in [0.1, 0.15) is 0 Å². The summed E-state index contributed by atoms with van der Waals surface area (Å²) in [5, 5.41) is 7.61. The molecule has 0 aliphatic carbocycles. The molecule has 52 valence electrons. The van der Waals surface area contributed by atoms with E-state index >= 15 is 0 Å². The smallest absolute Gasteiger partial charge is 0.199 e. The first-order chi connectivity index (χ1) is 4.72. The highest BCUT2D eigenvalue weighted by Gasteiger charge is 2.03. The summed E-state index contributed by atoms with van der Waals surface area (Å²) in [6.45, 7) is 1.86. The molecule has 1 N–H and O–H groups in total. The first kappa shape index (κ1) is 7.39. The predicted molar refractivity (Wildman–Crippen MR) is 40.5 cm³/mol. The molecule has 0 aromatic heterocycles. The van der Waals surface area contributed by atoms with Gasteiger partial charge in [-0.25, -0.2) is 0 Å². The van der Waals surface area contributed by atoms with Crippen LogP contribution in [-0.4, -0.2) is 0 Å². The minimum Gasteiger partial charge on any atom is -0.608 e. The Morgan fingerprint density at radius 1 is 1.40 bits per heavy atom. The first-order valence-electron chi connectivity index (χ1n) is 2.96. The van der Waals surface area contributed by atoms with Crippen LogP contribution in [0.5, 0.6) is 0 Å². The van der Waals surface area contributed by atoms with Gasteiger partial charge >= 0.3 is 0 Å². The van der Waals surface area contributed by atoms with Gasteiger partial charge in [-0.15, -0.1) is 5.16 Å². The highest BCUT2D eigenvalue weighted by Crippen LogP contribution is 2.10. The van der Waals surface area contributed by atoms with Gasteiger partial charge in [0, 0.05) is 5.56 Å². The molecule has 1 rings (SSSR count). The molecular formula is C7H8NOP. The van der Waals surface area contributed by atoms with E-state index in [1.54, 1.807) is 12.1 Å². The molecule has 0 bridgehead atoms. The van der Waals surface area contributed by atoms with Gasteiger partial charge in [0.2, 0.25) is 0 Å². The zero-order valence-corrected chi connectivity index (χ0v) is 6.56. The molecule has 0 amide bonds. The van der Waals surface area contributed by atoms with Gasteiger partial charge < -0.3 is 4.89 Å². The van der Waals surface area contributed by atoms with E-state index in [1.807, 2.05) is 19.1 Å². The summed E-state index contributed by atoms with van der Waals surface area (Å²) in [7, 11) is -1.92. The fraction of sp³-hybridized carbons (Fsp3) is 0.143. The predicted octanol–water partition coefficient (Wildman–Crippen LogP) is 1.14. The van der Waals surface area contributed by atoms with Crippen molar-refractivity contribution in [2.45, 2.75) is 6.92 Å². The maximum Gasteiger partial charge on any atom is 0.199 e. The van der Waals surface area contributed by atoms with Crippen molar-refractivity contribution < 1.29 is 4.89 Å². The highest BCUT2D eigenvalue weighted by atomic mass is 31.1. The lowest BCUT2D eigenvalue weighted by Crippen LogP contribution is -2.06. The van der Waals surface area contributed by atoms with Gasteiger partial charge in [-0.2, -0.15) is 0 Å². The normalized spacial score (nSPS) is 11.2. The number of rotatable bonds is 1. The van der Waals surface area contributed by atoms with Gasteiger partial charge in [-0.3, -0.25) is 0 Å². The number of aryl methyl sites for hydroxylation is 1. The molecule has 0 aliphatic heterocycles. The van der Waals surface area contributed by atoms with Crippen LogP contribution < -0.4 is 10.2 Å². The van der Waals surface area contributed by atoms with Crippen LogP contribution in [0.25, 0.3) is 0 Å². The van der Waals surface area contributed by atoms with Crippen LogP contribution in [0, 0.1) is 12.1 Å². The van der Waals surface area contributed by atoms with E-state index in [4.69, 9.17) is 5.16 Å². The number of nitrogens with one attached hydrogen (secondary N) is 1. The molecule has 2 nitrogen and oxygen atoms in total. The van der Waals surface area contributed by atoms with E-state index < -0.39 is 7.94 Å². The van der Waals surface area contributed by atoms with Gasteiger partial charge in [0.25, 0.3) is 0 Å². The Morgan fingerprint density at radius 3 is 2.40 bits per heavy atom. The molecule has 0 fully saturated rings. The lowest BCUT2D eigenvalue weighted by Gasteiger charge is -1.95. The Morgan fingerprint density at radius 2 is 2.00 bits per heavy atom. The molecule has 0 heterocycles. The van der Waals surface area contributed by atoms with Gasteiger partial charge in [-0.1, -0.05) is 18.2 Å². The number of hydrogen-bond donors (Lipinski definition) is 1. The Balaban J connectivity index is 3.15. The monoisotopic (exact) mass is 153 g/mol. The van der Waals surface area contributed by atoms with Crippen LogP contribution in [-0.2, 0) is 0 Å². The molecular weight excluding hydrogens is 145 g/mol. The molecule has 0 radical (unpaired) electrons. The van der Waals surface area contributed by atoms with E-state index in [1.165, 1.54) is 0 Å². The second kappa shape index (κ2) is 2.91. The second-order valence-electron chi connectivity index (χ2n) is 2.08. The molecule has 3 heteroatoms. The third kappa shape index (κ3) is 1.41. The van der Waals surface area contributed by atoms with Crippen LogP contribution in [0.2, 0.25) is 0 Å². The van der Waals surface area contributed by atoms with E-state index in [2.05, 4.69) is 0 Å². The molecule has 0 saturated carbocycles. The van der Waals surface area contributed by atoms with Crippen molar-refractivity contribution in [3.05, 3.63) is 29.8 Å². The van der Waals surface area contributed by atoms with Crippen LogP contribution in [0.3, 0.4) is 0 Å². The van der Waals surface area contributed by atoms with E-state index in [-0.39, 0.29) is 0 Å². The summed E-state index contributed by atoms with van der Waals surface area (Å²) in [4.78, 5) is 10.7. The van der Waals surface area contributed by atoms with Gasteiger partial charge in [0.15, 0.2) is 13.2 Å². The minimum atomic E-state index is -1.92. The van der Waals surface area contributed by atoms with E-state index in [9.17, 15) is 4.89 Å². The summed E-state index contributed by atoms with van der Waals surface area (Å²) in [5.74, 6) is 0. The maximum atomic E-state index is 10.7. The van der Waals surface area contributed by atoms with Gasteiger partial charge in [0.05, 0.1) is 0 Å². The van der Waals surface area contributed by atoms with Crippen molar-refractivity contribution in [2.75, 3.05) is 0 Å². The fourth-order valence-corrected chi connectivity index (χ4v) is 1.41. The van der Waals surface area contributed by atoms with Gasteiger partial charge in [-0.05, 0) is 13.0 Å². The summed E-state index contributed by atoms with van der Waals surface area (Å²) in [6, 6.07) is 7.25.